The summed E-state index contributed by atoms with van der Waals surface area (Å²) in [6.07, 6.45) is 48.9. The fourth-order valence-electron chi connectivity index (χ4n) is 8.47. The van der Waals surface area contributed by atoms with Gasteiger partial charge in [0.2, 0.25) is 0 Å². The van der Waals surface area contributed by atoms with Crippen molar-refractivity contribution in [2.24, 2.45) is 5.92 Å². The molecule has 2 unspecified atom stereocenters. The molecule has 7 nitrogen and oxygen atoms in total. The van der Waals surface area contributed by atoms with Gasteiger partial charge in [-0.05, 0) is 19.3 Å². The van der Waals surface area contributed by atoms with Crippen LogP contribution in [-0.4, -0.2) is 53.0 Å². The summed E-state index contributed by atoms with van der Waals surface area (Å²) in [6, 6.07) is 0. The number of aliphatic carboxylic acids is 1. The minimum Gasteiger partial charge on any atom is -0.481 e. The van der Waals surface area contributed by atoms with Crippen molar-refractivity contribution in [1.82, 2.24) is 0 Å². The number of Topliss-reactive ketones (excluding diaryl/α,β-unsaturated/α-hetero) is 1. The highest BCUT2D eigenvalue weighted by Gasteiger charge is 2.23. The summed E-state index contributed by atoms with van der Waals surface area (Å²) in [7, 11) is 0. The number of carbonyl (C=O) groups is 4. The molecule has 63 heavy (non-hydrogen) atoms. The van der Waals surface area contributed by atoms with Gasteiger partial charge in [0.1, 0.15) is 18.5 Å². The average Bonchev–Trinajstić information content (AvgIpc) is 3.27. The van der Waals surface area contributed by atoms with Crippen molar-refractivity contribution in [3.63, 3.8) is 0 Å². The minimum absolute atomic E-state index is 0.00829. The van der Waals surface area contributed by atoms with Gasteiger partial charge in [-0.2, -0.15) is 11.8 Å². The molecule has 1 N–H and O–H groups in total. The van der Waals surface area contributed by atoms with Crippen molar-refractivity contribution < 1.29 is 33.8 Å². The van der Waals surface area contributed by atoms with Crippen molar-refractivity contribution in [2.75, 3.05) is 18.1 Å². The van der Waals surface area contributed by atoms with Gasteiger partial charge in [-0.3, -0.25) is 19.2 Å². The molecule has 0 rings (SSSR count). The molecule has 0 saturated heterocycles. The lowest BCUT2D eigenvalue weighted by Crippen LogP contribution is -2.28. The van der Waals surface area contributed by atoms with Crippen LogP contribution in [0.15, 0.2) is 0 Å². The van der Waals surface area contributed by atoms with Gasteiger partial charge in [0.05, 0.1) is 5.92 Å². The quantitative estimate of drug-likeness (QED) is 0.0475. The summed E-state index contributed by atoms with van der Waals surface area (Å²) in [5.41, 5.74) is 0. The molecule has 0 radical (unpaired) electrons. The van der Waals surface area contributed by atoms with E-state index in [0.717, 1.165) is 57.8 Å². The molecule has 0 amide bonds. The van der Waals surface area contributed by atoms with Crippen LogP contribution in [0.25, 0.3) is 0 Å². The SMILES string of the molecule is CCCCCCCCCCCCCCCC(=O)CC(CSCC(COC(=O)CCCCCCCCCCCCCCC)OC(=O)CCCCCCCCCCCCCCC)C(=O)O. The first-order chi connectivity index (χ1) is 30.8. The first-order valence-electron chi connectivity index (χ1n) is 27.5. The van der Waals surface area contributed by atoms with Gasteiger partial charge >= 0.3 is 17.9 Å². The number of rotatable bonds is 52. The smallest absolute Gasteiger partial charge is 0.307 e. The van der Waals surface area contributed by atoms with Crippen LogP contribution < -0.4 is 0 Å². The lowest BCUT2D eigenvalue weighted by Gasteiger charge is -2.19. The lowest BCUT2D eigenvalue weighted by atomic mass is 10.00. The van der Waals surface area contributed by atoms with Crippen LogP contribution in [0.2, 0.25) is 0 Å². The molecule has 0 aromatic carbocycles. The molecular formula is C55H104O7S. The van der Waals surface area contributed by atoms with E-state index in [-0.39, 0.29) is 36.5 Å². The normalized spacial score (nSPS) is 12.4. The van der Waals surface area contributed by atoms with Crippen LogP contribution in [-0.2, 0) is 28.7 Å². The van der Waals surface area contributed by atoms with Gasteiger partial charge in [-0.25, -0.2) is 0 Å². The molecule has 0 heterocycles. The van der Waals surface area contributed by atoms with E-state index in [1.54, 1.807) is 0 Å². The molecule has 0 aliphatic rings. The Balaban J connectivity index is 4.59. The Labute approximate surface area is 394 Å². The highest BCUT2D eigenvalue weighted by Crippen LogP contribution is 2.20. The molecule has 2 atom stereocenters. The number of ketones is 1. The van der Waals surface area contributed by atoms with Gasteiger partial charge in [0.15, 0.2) is 0 Å². The zero-order valence-electron chi connectivity index (χ0n) is 42.0. The molecule has 0 aliphatic heterocycles. The Morgan fingerprint density at radius 1 is 0.397 bits per heavy atom. The van der Waals surface area contributed by atoms with Crippen LogP contribution in [0.5, 0.6) is 0 Å². The number of hydrogen-bond acceptors (Lipinski definition) is 7. The van der Waals surface area contributed by atoms with Gasteiger partial charge in [0, 0.05) is 37.2 Å². The summed E-state index contributed by atoms with van der Waals surface area (Å²) in [4.78, 5) is 50.5. The number of carbonyl (C=O) groups excluding carboxylic acids is 3. The number of hydrogen-bond donors (Lipinski definition) is 1. The van der Waals surface area contributed by atoms with Crippen LogP contribution in [0.3, 0.4) is 0 Å². The van der Waals surface area contributed by atoms with Crippen molar-refractivity contribution in [1.29, 1.82) is 0 Å². The fourth-order valence-corrected chi connectivity index (χ4v) is 9.58. The van der Waals surface area contributed by atoms with E-state index < -0.39 is 18.0 Å². The van der Waals surface area contributed by atoms with E-state index in [4.69, 9.17) is 9.47 Å². The number of carboxylic acid groups (broad SMARTS) is 1. The van der Waals surface area contributed by atoms with E-state index in [9.17, 15) is 24.3 Å². The second kappa shape index (κ2) is 49.9. The lowest BCUT2D eigenvalue weighted by molar-refractivity contribution is -0.157. The van der Waals surface area contributed by atoms with E-state index in [1.807, 2.05) is 0 Å². The van der Waals surface area contributed by atoms with Gasteiger partial charge in [-0.15, -0.1) is 0 Å². The van der Waals surface area contributed by atoms with Crippen LogP contribution in [0.1, 0.15) is 297 Å². The maximum absolute atomic E-state index is 12.9. The first-order valence-corrected chi connectivity index (χ1v) is 28.7. The zero-order valence-corrected chi connectivity index (χ0v) is 42.8. The molecule has 0 aliphatic carbocycles. The number of unbranched alkanes of at least 4 members (excludes halogenated alkanes) is 36. The molecule has 0 bridgehead atoms. The Hall–Kier alpha value is -1.57. The van der Waals surface area contributed by atoms with Crippen molar-refractivity contribution in [2.45, 2.75) is 303 Å². The number of esters is 2. The molecule has 0 saturated carbocycles. The van der Waals surface area contributed by atoms with E-state index in [1.165, 1.54) is 204 Å². The van der Waals surface area contributed by atoms with E-state index in [2.05, 4.69) is 20.8 Å². The van der Waals surface area contributed by atoms with Crippen LogP contribution >= 0.6 is 11.8 Å². The molecule has 0 aromatic rings. The standard InChI is InChI=1S/C55H104O7S/c1-4-7-10-13-16-19-22-25-28-31-34-37-40-43-51(56)46-50(55(59)60)48-63-49-52(62-54(58)45-42-39-36-33-30-27-24-21-18-15-12-9-6-3)47-61-53(57)44-41-38-35-32-29-26-23-20-17-14-11-8-5-2/h50,52H,4-49H2,1-3H3,(H,59,60). The Bertz CT molecular complexity index is 1020. The number of carboxylic acids is 1. The molecule has 372 valence electrons. The predicted molar refractivity (Wildman–Crippen MR) is 270 cm³/mol. The molecule has 0 spiro atoms. The Morgan fingerprint density at radius 3 is 1.03 bits per heavy atom. The van der Waals surface area contributed by atoms with Crippen molar-refractivity contribution >= 4 is 35.5 Å². The second-order valence-electron chi connectivity index (χ2n) is 19.1. The Morgan fingerprint density at radius 2 is 0.698 bits per heavy atom. The Kier molecular flexibility index (Phi) is 48.6. The largest absolute Gasteiger partial charge is 0.481 e. The summed E-state index contributed by atoms with van der Waals surface area (Å²) < 4.78 is 11.4. The summed E-state index contributed by atoms with van der Waals surface area (Å²) >= 11 is 1.36. The van der Waals surface area contributed by atoms with Crippen molar-refractivity contribution in [3.05, 3.63) is 0 Å². The minimum atomic E-state index is -0.971. The predicted octanol–water partition coefficient (Wildman–Crippen LogP) is 17.3. The molecular weight excluding hydrogens is 805 g/mol. The third kappa shape index (κ3) is 46.8. The highest BCUT2D eigenvalue weighted by atomic mass is 32.2. The van der Waals surface area contributed by atoms with Crippen LogP contribution in [0.4, 0.5) is 0 Å². The van der Waals surface area contributed by atoms with Gasteiger partial charge < -0.3 is 14.6 Å². The topological polar surface area (TPSA) is 107 Å². The van der Waals surface area contributed by atoms with Gasteiger partial charge in [-0.1, -0.05) is 252 Å². The maximum atomic E-state index is 12.9. The second-order valence-corrected chi connectivity index (χ2v) is 20.2. The number of thioether (sulfide) groups is 1. The third-order valence-corrected chi connectivity index (χ3v) is 13.9. The maximum Gasteiger partial charge on any atom is 0.307 e. The zero-order chi connectivity index (χ0) is 46.1. The van der Waals surface area contributed by atoms with Gasteiger partial charge in [0.25, 0.3) is 0 Å². The average molecular weight is 909 g/mol. The summed E-state index contributed by atoms with van der Waals surface area (Å²) in [5, 5.41) is 9.94. The number of ether oxygens (including phenoxy) is 2. The molecule has 0 aromatic heterocycles. The highest BCUT2D eigenvalue weighted by molar-refractivity contribution is 7.99. The first kappa shape index (κ1) is 61.4. The summed E-state index contributed by atoms with van der Waals surface area (Å²) in [5.74, 6) is -1.74. The van der Waals surface area contributed by atoms with Crippen LogP contribution in [0, 0.1) is 5.92 Å². The van der Waals surface area contributed by atoms with E-state index in [0.29, 0.717) is 25.0 Å². The summed E-state index contributed by atoms with van der Waals surface area (Å²) in [6.45, 7) is 6.75. The van der Waals surface area contributed by atoms with E-state index >= 15 is 0 Å². The third-order valence-electron chi connectivity index (χ3n) is 12.7. The fraction of sp³-hybridized carbons (Fsp3) is 0.927. The van der Waals surface area contributed by atoms with Crippen molar-refractivity contribution in [3.8, 4) is 0 Å². The monoisotopic (exact) mass is 909 g/mol. The molecule has 0 fully saturated rings. The molecule has 8 heteroatoms.